The molecule has 1 N–H and O–H groups in total. The summed E-state index contributed by atoms with van der Waals surface area (Å²) >= 11 is 12.1. The highest BCUT2D eigenvalue weighted by Gasteiger charge is 2.20. The van der Waals surface area contributed by atoms with Gasteiger partial charge in [-0.3, -0.25) is 4.79 Å². The topological polar surface area (TPSA) is 45.2 Å². The number of anilines is 2. The first kappa shape index (κ1) is 15.1. The van der Waals surface area contributed by atoms with E-state index in [1.54, 1.807) is 18.3 Å². The molecule has 1 aromatic heterocycles. The molecule has 0 unspecified atom stereocenters. The van der Waals surface area contributed by atoms with Crippen molar-refractivity contribution in [2.45, 2.75) is 12.8 Å². The number of rotatable bonds is 3. The fourth-order valence-corrected chi connectivity index (χ4v) is 2.78. The van der Waals surface area contributed by atoms with Crippen LogP contribution in [0.4, 0.5) is 11.4 Å². The van der Waals surface area contributed by atoms with Crippen LogP contribution in [0.25, 0.3) is 0 Å². The van der Waals surface area contributed by atoms with Crippen molar-refractivity contribution in [3.63, 3.8) is 0 Å². The molecule has 1 amide bonds. The quantitative estimate of drug-likeness (QED) is 0.905. The molecule has 0 aliphatic carbocycles. The van der Waals surface area contributed by atoms with Crippen LogP contribution < -0.4 is 5.32 Å². The molecule has 0 spiro atoms. The lowest BCUT2D eigenvalue weighted by Crippen LogP contribution is -2.28. The van der Waals surface area contributed by atoms with Gasteiger partial charge in [0.25, 0.3) is 5.91 Å². The molecule has 1 fully saturated rings. The number of halogens is 2. The summed E-state index contributed by atoms with van der Waals surface area (Å²) in [7, 11) is 0. The maximum absolute atomic E-state index is 12.2. The minimum Gasteiger partial charge on any atom is -0.353 e. The Kier molecular flexibility index (Phi) is 4.50. The number of pyridine rings is 1. The van der Waals surface area contributed by atoms with Crippen LogP contribution in [-0.2, 0) is 0 Å². The van der Waals surface area contributed by atoms with Gasteiger partial charge >= 0.3 is 0 Å². The molecule has 0 atom stereocenters. The van der Waals surface area contributed by atoms with Crippen molar-refractivity contribution < 1.29 is 4.79 Å². The van der Waals surface area contributed by atoms with Crippen LogP contribution in [0.2, 0.25) is 10.0 Å². The molecule has 114 valence electrons. The van der Waals surface area contributed by atoms with Crippen LogP contribution in [0.1, 0.15) is 23.3 Å². The Morgan fingerprint density at radius 2 is 1.91 bits per heavy atom. The number of benzene rings is 1. The Morgan fingerprint density at radius 1 is 1.14 bits per heavy atom. The number of likely N-dealkylation sites (tertiary alicyclic amines) is 1. The summed E-state index contributed by atoms with van der Waals surface area (Å²) in [4.78, 5) is 18.3. The monoisotopic (exact) mass is 335 g/mol. The number of nitrogens with one attached hydrogen (secondary N) is 1. The number of amides is 1. The molecule has 1 aliphatic rings. The molecule has 2 heterocycles. The van der Waals surface area contributed by atoms with E-state index in [9.17, 15) is 4.79 Å². The average molecular weight is 336 g/mol. The first-order valence-electron chi connectivity index (χ1n) is 7.11. The van der Waals surface area contributed by atoms with E-state index < -0.39 is 0 Å². The minimum atomic E-state index is -0.00941. The normalized spacial score (nSPS) is 14.2. The van der Waals surface area contributed by atoms with Gasteiger partial charge in [-0.2, -0.15) is 0 Å². The lowest BCUT2D eigenvalue weighted by Gasteiger charge is -2.15. The van der Waals surface area contributed by atoms with E-state index >= 15 is 0 Å². The zero-order valence-corrected chi connectivity index (χ0v) is 13.4. The first-order valence-corrected chi connectivity index (χ1v) is 7.87. The molecule has 22 heavy (non-hydrogen) atoms. The van der Waals surface area contributed by atoms with Gasteiger partial charge in [0.2, 0.25) is 0 Å². The van der Waals surface area contributed by atoms with E-state index in [2.05, 4.69) is 10.3 Å². The molecule has 6 heteroatoms. The lowest BCUT2D eigenvalue weighted by molar-refractivity contribution is 0.0787. The number of carbonyl (C=O) groups excluding carboxylic acids is 1. The standard InChI is InChI=1S/C16H15Cl2N3O/c17-12-4-3-5-13(15(12)18)20-11-6-7-14(19-10-11)16(22)21-8-1-2-9-21/h3-7,10,20H,1-2,8-9H2. The summed E-state index contributed by atoms with van der Waals surface area (Å²) in [6.07, 6.45) is 3.76. The van der Waals surface area contributed by atoms with Crippen molar-refractivity contribution in [3.8, 4) is 0 Å². The molecule has 0 radical (unpaired) electrons. The molecule has 2 aromatic rings. The zero-order valence-electron chi connectivity index (χ0n) is 11.9. The number of carbonyl (C=O) groups is 1. The molecule has 0 saturated carbocycles. The van der Waals surface area contributed by atoms with Crippen molar-refractivity contribution >= 4 is 40.5 Å². The highest BCUT2D eigenvalue weighted by molar-refractivity contribution is 6.43. The van der Waals surface area contributed by atoms with Crippen molar-refractivity contribution in [3.05, 3.63) is 52.3 Å². The third-order valence-corrected chi connectivity index (χ3v) is 4.43. The van der Waals surface area contributed by atoms with Crippen LogP contribution in [-0.4, -0.2) is 28.9 Å². The Balaban J connectivity index is 1.74. The first-order chi connectivity index (χ1) is 10.6. The van der Waals surface area contributed by atoms with Crippen LogP contribution in [0.3, 0.4) is 0 Å². The van der Waals surface area contributed by atoms with Gasteiger partial charge < -0.3 is 10.2 Å². The number of hydrogen-bond donors (Lipinski definition) is 1. The van der Waals surface area contributed by atoms with E-state index in [0.717, 1.165) is 31.6 Å². The van der Waals surface area contributed by atoms with Crippen molar-refractivity contribution in [2.24, 2.45) is 0 Å². The molecular weight excluding hydrogens is 321 g/mol. The van der Waals surface area contributed by atoms with Gasteiger partial charge in [-0.25, -0.2) is 4.98 Å². The second-order valence-corrected chi connectivity index (χ2v) is 5.94. The van der Waals surface area contributed by atoms with E-state index in [1.165, 1.54) is 0 Å². The van der Waals surface area contributed by atoms with Crippen LogP contribution >= 0.6 is 23.2 Å². The van der Waals surface area contributed by atoms with Crippen molar-refractivity contribution in [1.29, 1.82) is 0 Å². The third-order valence-electron chi connectivity index (χ3n) is 3.61. The smallest absolute Gasteiger partial charge is 0.272 e. The van der Waals surface area contributed by atoms with Gasteiger partial charge in [-0.15, -0.1) is 0 Å². The summed E-state index contributed by atoms with van der Waals surface area (Å²) in [5.41, 5.74) is 1.92. The Bertz CT molecular complexity index is 682. The Labute approximate surface area is 139 Å². The Hall–Kier alpha value is -1.78. The summed E-state index contributed by atoms with van der Waals surface area (Å²) in [5.74, 6) is -0.00941. The van der Waals surface area contributed by atoms with E-state index in [4.69, 9.17) is 23.2 Å². The molecule has 4 nitrogen and oxygen atoms in total. The number of nitrogens with zero attached hydrogens (tertiary/aromatic N) is 2. The predicted molar refractivity (Wildman–Crippen MR) is 89.1 cm³/mol. The number of aromatic nitrogens is 1. The summed E-state index contributed by atoms with van der Waals surface area (Å²) < 4.78 is 0. The van der Waals surface area contributed by atoms with Gasteiger partial charge in [0.05, 0.1) is 27.6 Å². The van der Waals surface area contributed by atoms with E-state index in [-0.39, 0.29) is 5.91 Å². The summed E-state index contributed by atoms with van der Waals surface area (Å²) in [6.45, 7) is 1.64. The van der Waals surface area contributed by atoms with Crippen LogP contribution in [0.5, 0.6) is 0 Å². The zero-order chi connectivity index (χ0) is 15.5. The van der Waals surface area contributed by atoms with E-state index in [1.807, 2.05) is 23.1 Å². The van der Waals surface area contributed by atoms with Crippen LogP contribution in [0, 0.1) is 0 Å². The second-order valence-electron chi connectivity index (χ2n) is 5.16. The molecule has 3 rings (SSSR count). The molecule has 1 saturated heterocycles. The van der Waals surface area contributed by atoms with Gasteiger partial charge in [-0.1, -0.05) is 29.3 Å². The van der Waals surface area contributed by atoms with Crippen molar-refractivity contribution in [1.82, 2.24) is 9.88 Å². The largest absolute Gasteiger partial charge is 0.353 e. The molecular formula is C16H15Cl2N3O. The lowest BCUT2D eigenvalue weighted by atomic mass is 10.2. The van der Waals surface area contributed by atoms with Gasteiger partial charge in [0.1, 0.15) is 5.69 Å². The number of hydrogen-bond acceptors (Lipinski definition) is 3. The van der Waals surface area contributed by atoms with Gasteiger partial charge in [0, 0.05) is 13.1 Å². The average Bonchev–Trinajstić information content (AvgIpc) is 3.06. The molecule has 0 bridgehead atoms. The Morgan fingerprint density at radius 3 is 2.59 bits per heavy atom. The fourth-order valence-electron chi connectivity index (χ4n) is 2.43. The minimum absolute atomic E-state index is 0.00941. The third kappa shape index (κ3) is 3.18. The summed E-state index contributed by atoms with van der Waals surface area (Å²) in [5, 5.41) is 4.09. The maximum Gasteiger partial charge on any atom is 0.272 e. The van der Waals surface area contributed by atoms with Crippen LogP contribution in [0.15, 0.2) is 36.5 Å². The van der Waals surface area contributed by atoms with Gasteiger partial charge in [-0.05, 0) is 37.1 Å². The second kappa shape index (κ2) is 6.55. The van der Waals surface area contributed by atoms with Crippen molar-refractivity contribution in [2.75, 3.05) is 18.4 Å². The van der Waals surface area contributed by atoms with Gasteiger partial charge in [0.15, 0.2) is 0 Å². The highest BCUT2D eigenvalue weighted by Crippen LogP contribution is 2.31. The predicted octanol–water partition coefficient (Wildman–Crippen LogP) is 4.37. The summed E-state index contributed by atoms with van der Waals surface area (Å²) in [6, 6.07) is 8.91. The SMILES string of the molecule is O=C(c1ccc(Nc2cccc(Cl)c2Cl)cn1)N1CCCC1. The molecule has 1 aliphatic heterocycles. The highest BCUT2D eigenvalue weighted by atomic mass is 35.5. The maximum atomic E-state index is 12.2. The molecule has 1 aromatic carbocycles. The van der Waals surface area contributed by atoms with E-state index in [0.29, 0.717) is 21.4 Å². The fraction of sp³-hybridized carbons (Fsp3) is 0.250.